The smallest absolute Gasteiger partial charge is 0.210 e. The van der Waals surface area contributed by atoms with Crippen LogP contribution in [0, 0.1) is 5.82 Å². The summed E-state index contributed by atoms with van der Waals surface area (Å²) in [4.78, 5) is 0. The molecule has 1 atom stereocenters. The minimum atomic E-state index is -0.321. The fraction of sp³-hybridized carbons (Fsp3) is 0.176. The normalized spacial score (nSPS) is 15.8. The highest BCUT2D eigenvalue weighted by atomic mass is 32.2. The van der Waals surface area contributed by atoms with E-state index in [-0.39, 0.29) is 11.9 Å². The van der Waals surface area contributed by atoms with E-state index in [4.69, 9.17) is 9.47 Å². The molecule has 2 aromatic carbocycles. The number of hydrogen-bond donors (Lipinski definition) is 1. The molecule has 0 bridgehead atoms. The van der Waals surface area contributed by atoms with Crippen LogP contribution in [0.3, 0.4) is 0 Å². The number of halogens is 1. The quantitative estimate of drug-likeness (QED) is 0.669. The first-order chi connectivity index (χ1) is 12.3. The van der Waals surface area contributed by atoms with Crippen molar-refractivity contribution >= 4 is 33.9 Å². The van der Waals surface area contributed by atoms with E-state index in [0.717, 1.165) is 15.8 Å². The summed E-state index contributed by atoms with van der Waals surface area (Å²) in [5.74, 6) is 1.91. The fourth-order valence-electron chi connectivity index (χ4n) is 2.31. The van der Waals surface area contributed by atoms with Crippen molar-refractivity contribution in [2.24, 2.45) is 0 Å². The van der Waals surface area contributed by atoms with Gasteiger partial charge in [-0.15, -0.1) is 10.2 Å². The number of aromatic nitrogens is 2. The third-order valence-electron chi connectivity index (χ3n) is 3.48. The zero-order chi connectivity index (χ0) is 17.1. The Hall–Kier alpha value is -2.32. The number of thioether (sulfide) groups is 1. The van der Waals surface area contributed by atoms with E-state index in [1.165, 1.54) is 17.4 Å². The lowest BCUT2D eigenvalue weighted by atomic mass is 10.3. The summed E-state index contributed by atoms with van der Waals surface area (Å²) in [7, 11) is 0. The predicted molar refractivity (Wildman–Crippen MR) is 96.7 cm³/mol. The van der Waals surface area contributed by atoms with Crippen LogP contribution in [0.15, 0.2) is 52.9 Å². The molecular weight excluding hydrogens is 361 g/mol. The van der Waals surface area contributed by atoms with Gasteiger partial charge in [0.15, 0.2) is 15.8 Å². The maximum absolute atomic E-state index is 13.7. The number of hydrogen-bond acceptors (Lipinski definition) is 7. The summed E-state index contributed by atoms with van der Waals surface area (Å²) >= 11 is 2.92. The number of fused-ring (bicyclic) bond motifs is 1. The van der Waals surface area contributed by atoms with Crippen LogP contribution in [0.4, 0.5) is 15.2 Å². The number of para-hydroxylation sites is 3. The lowest BCUT2D eigenvalue weighted by Gasteiger charge is -2.25. The number of ether oxygens (including phenoxy) is 2. The van der Waals surface area contributed by atoms with Gasteiger partial charge in [-0.05, 0) is 24.3 Å². The summed E-state index contributed by atoms with van der Waals surface area (Å²) in [5, 5.41) is 11.7. The van der Waals surface area contributed by atoms with Gasteiger partial charge in [0.05, 0.1) is 5.69 Å². The molecule has 4 rings (SSSR count). The lowest BCUT2D eigenvalue weighted by molar-refractivity contribution is 0.107. The van der Waals surface area contributed by atoms with E-state index in [2.05, 4.69) is 15.5 Å². The molecule has 128 valence electrons. The molecule has 0 spiro atoms. The molecule has 0 amide bonds. The van der Waals surface area contributed by atoms with Crippen molar-refractivity contribution in [2.75, 3.05) is 17.7 Å². The van der Waals surface area contributed by atoms with Crippen LogP contribution < -0.4 is 14.8 Å². The average molecular weight is 375 g/mol. The zero-order valence-electron chi connectivity index (χ0n) is 13.0. The molecular formula is C17H14FN3O2S2. The number of rotatable bonds is 5. The van der Waals surface area contributed by atoms with Crippen molar-refractivity contribution in [3.8, 4) is 11.5 Å². The van der Waals surface area contributed by atoms with Crippen molar-refractivity contribution in [1.29, 1.82) is 0 Å². The van der Waals surface area contributed by atoms with Gasteiger partial charge >= 0.3 is 0 Å². The second-order valence-electron chi connectivity index (χ2n) is 5.29. The Morgan fingerprint density at radius 2 is 1.92 bits per heavy atom. The number of benzene rings is 2. The fourth-order valence-corrected chi connectivity index (χ4v) is 4.06. The number of anilines is 2. The first kappa shape index (κ1) is 16.2. The van der Waals surface area contributed by atoms with Crippen molar-refractivity contribution in [2.45, 2.75) is 10.4 Å². The molecule has 1 aliphatic heterocycles. The Bertz CT molecular complexity index is 874. The van der Waals surface area contributed by atoms with E-state index in [1.54, 1.807) is 30.0 Å². The summed E-state index contributed by atoms with van der Waals surface area (Å²) in [6, 6.07) is 14.1. The number of nitrogens with zero attached hydrogens (tertiary/aromatic N) is 2. The molecule has 0 radical (unpaired) electrons. The van der Waals surface area contributed by atoms with Crippen molar-refractivity contribution in [3.05, 3.63) is 54.3 Å². The first-order valence-electron chi connectivity index (χ1n) is 7.64. The second kappa shape index (κ2) is 7.28. The molecule has 25 heavy (non-hydrogen) atoms. The maximum atomic E-state index is 13.7. The second-order valence-corrected chi connectivity index (χ2v) is 7.53. The summed E-state index contributed by atoms with van der Waals surface area (Å²) in [6.45, 7) is 0.503. The Morgan fingerprint density at radius 1 is 1.12 bits per heavy atom. The highest BCUT2D eigenvalue weighted by Crippen LogP contribution is 2.34. The van der Waals surface area contributed by atoms with Crippen molar-refractivity contribution < 1.29 is 13.9 Å². The van der Waals surface area contributed by atoms with E-state index in [1.807, 2.05) is 24.3 Å². The van der Waals surface area contributed by atoms with Gasteiger partial charge < -0.3 is 14.8 Å². The van der Waals surface area contributed by atoms with Crippen LogP contribution in [0.1, 0.15) is 0 Å². The van der Waals surface area contributed by atoms with Gasteiger partial charge in [0.25, 0.3) is 0 Å². The van der Waals surface area contributed by atoms with Gasteiger partial charge in [0.2, 0.25) is 5.13 Å². The molecule has 8 heteroatoms. The summed E-state index contributed by atoms with van der Waals surface area (Å²) in [5.41, 5.74) is 0.385. The maximum Gasteiger partial charge on any atom is 0.210 e. The zero-order valence-corrected chi connectivity index (χ0v) is 14.6. The van der Waals surface area contributed by atoms with Crippen LogP contribution in [-0.4, -0.2) is 28.7 Å². The van der Waals surface area contributed by atoms with Crippen LogP contribution in [0.2, 0.25) is 0 Å². The SMILES string of the molecule is Fc1ccccc1Nc1nnc(SC[C@@H]2COc3ccccc3O2)s1. The monoisotopic (exact) mass is 375 g/mol. The van der Waals surface area contributed by atoms with E-state index < -0.39 is 0 Å². The molecule has 0 saturated heterocycles. The van der Waals surface area contributed by atoms with Crippen molar-refractivity contribution in [3.63, 3.8) is 0 Å². The third kappa shape index (κ3) is 3.85. The largest absolute Gasteiger partial charge is 0.486 e. The van der Waals surface area contributed by atoms with Gasteiger partial charge in [-0.25, -0.2) is 4.39 Å². The van der Waals surface area contributed by atoms with E-state index >= 15 is 0 Å². The molecule has 1 N–H and O–H groups in total. The van der Waals surface area contributed by atoms with Crippen LogP contribution in [0.5, 0.6) is 11.5 Å². The molecule has 0 fully saturated rings. The molecule has 0 saturated carbocycles. The van der Waals surface area contributed by atoms with Crippen molar-refractivity contribution in [1.82, 2.24) is 10.2 Å². The Balaban J connectivity index is 1.34. The Kier molecular flexibility index (Phi) is 4.71. The van der Waals surface area contributed by atoms with Crippen LogP contribution in [-0.2, 0) is 0 Å². The molecule has 0 aliphatic carbocycles. The molecule has 0 unspecified atom stereocenters. The highest BCUT2D eigenvalue weighted by molar-refractivity contribution is 8.01. The molecule has 5 nitrogen and oxygen atoms in total. The van der Waals surface area contributed by atoms with E-state index in [0.29, 0.717) is 23.2 Å². The standard InChI is InChI=1S/C17H14FN3O2S2/c18-12-5-1-2-6-13(12)19-16-20-21-17(25-16)24-10-11-9-22-14-7-3-4-8-15(14)23-11/h1-8,11H,9-10H2,(H,19,20)/t11-/m0/s1. The highest BCUT2D eigenvalue weighted by Gasteiger charge is 2.21. The summed E-state index contributed by atoms with van der Waals surface area (Å²) < 4.78 is 26.1. The average Bonchev–Trinajstić information content (AvgIpc) is 3.09. The minimum absolute atomic E-state index is 0.0493. The van der Waals surface area contributed by atoms with Gasteiger partial charge in [0.1, 0.15) is 18.5 Å². The Labute approximate surface area is 152 Å². The van der Waals surface area contributed by atoms with Gasteiger partial charge in [0, 0.05) is 5.75 Å². The third-order valence-corrected chi connectivity index (χ3v) is 5.59. The summed E-state index contributed by atoms with van der Waals surface area (Å²) in [6.07, 6.45) is -0.0493. The minimum Gasteiger partial charge on any atom is -0.486 e. The van der Waals surface area contributed by atoms with Crippen LogP contribution in [0.25, 0.3) is 0 Å². The lowest BCUT2D eigenvalue weighted by Crippen LogP contribution is -2.31. The first-order valence-corrected chi connectivity index (χ1v) is 9.44. The molecule has 3 aromatic rings. The van der Waals surface area contributed by atoms with Crippen LogP contribution >= 0.6 is 23.1 Å². The molecule has 2 heterocycles. The van der Waals surface area contributed by atoms with Gasteiger partial charge in [-0.3, -0.25) is 0 Å². The Morgan fingerprint density at radius 3 is 2.80 bits per heavy atom. The molecule has 1 aromatic heterocycles. The molecule has 1 aliphatic rings. The van der Waals surface area contributed by atoms with E-state index in [9.17, 15) is 4.39 Å². The topological polar surface area (TPSA) is 56.3 Å². The predicted octanol–water partition coefficient (Wildman–Crippen LogP) is 4.35. The number of nitrogens with one attached hydrogen (secondary N) is 1. The van der Waals surface area contributed by atoms with Gasteiger partial charge in [-0.1, -0.05) is 47.4 Å². The van der Waals surface area contributed by atoms with Gasteiger partial charge in [-0.2, -0.15) is 0 Å².